The van der Waals surface area contributed by atoms with Crippen LogP contribution in [0.25, 0.3) is 0 Å². The Morgan fingerprint density at radius 1 is 1.15 bits per heavy atom. The van der Waals surface area contributed by atoms with E-state index < -0.39 is 11.7 Å². The molecule has 0 fully saturated rings. The van der Waals surface area contributed by atoms with E-state index in [1.165, 1.54) is 12.3 Å². The first-order valence-electron chi connectivity index (χ1n) is 10.5. The second-order valence-electron chi connectivity index (χ2n) is 7.84. The summed E-state index contributed by atoms with van der Waals surface area (Å²) in [4.78, 5) is 18.4. The lowest BCUT2D eigenvalue weighted by Gasteiger charge is -2.22. The van der Waals surface area contributed by atoms with E-state index in [0.717, 1.165) is 24.1 Å². The topological polar surface area (TPSA) is 58.4 Å². The van der Waals surface area contributed by atoms with Crippen LogP contribution in [0.15, 0.2) is 59.2 Å². The number of rotatable bonds is 9. The van der Waals surface area contributed by atoms with Crippen LogP contribution < -0.4 is 5.32 Å². The van der Waals surface area contributed by atoms with Crippen LogP contribution in [-0.2, 0) is 25.8 Å². The predicted octanol–water partition coefficient (Wildman–Crippen LogP) is 6.08. The van der Waals surface area contributed by atoms with Gasteiger partial charge < -0.3 is 9.73 Å². The molecule has 0 unspecified atom stereocenters. The van der Waals surface area contributed by atoms with Crippen LogP contribution in [0.5, 0.6) is 0 Å². The highest BCUT2D eigenvalue weighted by Gasteiger charge is 2.30. The van der Waals surface area contributed by atoms with Gasteiger partial charge in [-0.3, -0.25) is 9.69 Å². The van der Waals surface area contributed by atoms with Crippen LogP contribution >= 0.6 is 11.6 Å². The maximum atomic E-state index is 13.2. The molecule has 0 bridgehead atoms. The molecule has 1 amide bonds. The molecule has 1 heterocycles. The van der Waals surface area contributed by atoms with E-state index in [0.29, 0.717) is 17.1 Å². The van der Waals surface area contributed by atoms with Crippen molar-refractivity contribution in [3.8, 4) is 0 Å². The zero-order valence-corrected chi connectivity index (χ0v) is 19.1. The van der Waals surface area contributed by atoms with E-state index in [1.54, 1.807) is 18.2 Å². The van der Waals surface area contributed by atoms with Crippen molar-refractivity contribution in [3.05, 3.63) is 88.1 Å². The number of hydrogen-bond donors (Lipinski definition) is 1. The number of nitrogens with one attached hydrogen (secondary N) is 1. The van der Waals surface area contributed by atoms with Gasteiger partial charge >= 0.3 is 6.18 Å². The lowest BCUT2D eigenvalue weighted by molar-refractivity contribution is -0.137. The summed E-state index contributed by atoms with van der Waals surface area (Å²) in [7, 11) is 0. The molecular weight excluding hydrogens is 455 g/mol. The number of halogens is 4. The first kappa shape index (κ1) is 24.8. The molecule has 9 heteroatoms. The molecule has 1 atom stereocenters. The van der Waals surface area contributed by atoms with Gasteiger partial charge in [-0.2, -0.15) is 13.2 Å². The Labute approximate surface area is 195 Å². The monoisotopic (exact) mass is 479 g/mol. The van der Waals surface area contributed by atoms with Gasteiger partial charge in [0.2, 0.25) is 5.89 Å². The molecule has 3 rings (SSSR count). The summed E-state index contributed by atoms with van der Waals surface area (Å²) < 4.78 is 44.9. The van der Waals surface area contributed by atoms with Crippen LogP contribution in [0.3, 0.4) is 0 Å². The number of amides is 1. The SMILES string of the molecule is CC[C@H](C)NC(=O)c1coc(CN(Cc2cccc(C(F)(F)F)c2)Cc2ccccc2Cl)n1. The van der Waals surface area contributed by atoms with Crippen molar-refractivity contribution in [2.45, 2.75) is 52.1 Å². The molecule has 33 heavy (non-hydrogen) atoms. The number of alkyl halides is 3. The summed E-state index contributed by atoms with van der Waals surface area (Å²) in [6.45, 7) is 4.58. The number of oxazole rings is 1. The molecule has 0 saturated heterocycles. The van der Waals surface area contributed by atoms with Gasteiger partial charge in [-0.15, -0.1) is 0 Å². The lowest BCUT2D eigenvalue weighted by atomic mass is 10.1. The number of benzene rings is 2. The smallest absolute Gasteiger partial charge is 0.416 e. The molecule has 1 N–H and O–H groups in total. The zero-order chi connectivity index (χ0) is 24.0. The summed E-state index contributed by atoms with van der Waals surface area (Å²) in [6.07, 6.45) is -2.37. The number of carbonyl (C=O) groups excluding carboxylic acids is 1. The quantitative estimate of drug-likeness (QED) is 0.404. The predicted molar refractivity (Wildman–Crippen MR) is 120 cm³/mol. The van der Waals surface area contributed by atoms with Gasteiger partial charge in [-0.1, -0.05) is 54.9 Å². The summed E-state index contributed by atoms with van der Waals surface area (Å²) >= 11 is 6.30. The minimum absolute atomic E-state index is 0.00437. The van der Waals surface area contributed by atoms with Gasteiger partial charge in [0, 0.05) is 24.2 Å². The Morgan fingerprint density at radius 3 is 2.61 bits per heavy atom. The van der Waals surface area contributed by atoms with E-state index in [1.807, 2.05) is 30.9 Å². The fourth-order valence-corrected chi connectivity index (χ4v) is 3.41. The second-order valence-corrected chi connectivity index (χ2v) is 8.25. The van der Waals surface area contributed by atoms with E-state index in [4.69, 9.17) is 16.0 Å². The molecule has 5 nitrogen and oxygen atoms in total. The standard InChI is InChI=1S/C24H25ClF3N3O2/c1-3-16(2)29-23(32)21-15-33-22(30-21)14-31(13-18-8-4-5-10-20(18)25)12-17-7-6-9-19(11-17)24(26,27)28/h4-11,15-16H,3,12-14H2,1-2H3,(H,29,32)/t16-/m0/s1. The van der Waals surface area contributed by atoms with E-state index in [9.17, 15) is 18.0 Å². The Bertz CT molecular complexity index is 1080. The molecule has 0 aliphatic carbocycles. The average molecular weight is 480 g/mol. The number of hydrogen-bond acceptors (Lipinski definition) is 4. The summed E-state index contributed by atoms with van der Waals surface area (Å²) in [5.41, 5.74) is 0.741. The lowest BCUT2D eigenvalue weighted by Crippen LogP contribution is -2.32. The van der Waals surface area contributed by atoms with Crippen LogP contribution in [-0.4, -0.2) is 21.8 Å². The summed E-state index contributed by atoms with van der Waals surface area (Å²) in [5, 5.41) is 3.37. The normalized spacial score (nSPS) is 12.7. The Kier molecular flexibility index (Phi) is 8.15. The highest BCUT2D eigenvalue weighted by molar-refractivity contribution is 6.31. The molecule has 0 spiro atoms. The third kappa shape index (κ3) is 7.07. The van der Waals surface area contributed by atoms with E-state index in [2.05, 4.69) is 10.3 Å². The van der Waals surface area contributed by atoms with Crippen LogP contribution in [0, 0.1) is 0 Å². The molecule has 176 valence electrons. The summed E-state index contributed by atoms with van der Waals surface area (Å²) in [5.74, 6) is -0.0572. The van der Waals surface area contributed by atoms with E-state index >= 15 is 0 Å². The van der Waals surface area contributed by atoms with Gasteiger partial charge in [0.1, 0.15) is 6.26 Å². The Morgan fingerprint density at radius 2 is 1.91 bits per heavy atom. The van der Waals surface area contributed by atoms with Crippen LogP contribution in [0.2, 0.25) is 5.02 Å². The number of nitrogens with zero attached hydrogens (tertiary/aromatic N) is 2. The highest BCUT2D eigenvalue weighted by atomic mass is 35.5. The van der Waals surface area contributed by atoms with Crippen LogP contribution in [0.1, 0.15) is 53.3 Å². The second kappa shape index (κ2) is 10.9. The van der Waals surface area contributed by atoms with Gasteiger partial charge in [0.05, 0.1) is 12.1 Å². The Hall–Kier alpha value is -2.84. The first-order chi connectivity index (χ1) is 15.7. The molecule has 0 saturated carbocycles. The molecule has 2 aromatic carbocycles. The van der Waals surface area contributed by atoms with Gasteiger partial charge in [-0.05, 0) is 36.6 Å². The van der Waals surface area contributed by atoms with Gasteiger partial charge in [0.25, 0.3) is 5.91 Å². The molecule has 3 aromatic rings. The molecule has 1 aromatic heterocycles. The fourth-order valence-electron chi connectivity index (χ4n) is 3.22. The molecule has 0 radical (unpaired) electrons. The van der Waals surface area contributed by atoms with Crippen molar-refractivity contribution >= 4 is 17.5 Å². The molecule has 0 aliphatic heterocycles. The number of aromatic nitrogens is 1. The van der Waals surface area contributed by atoms with Crippen molar-refractivity contribution < 1.29 is 22.4 Å². The van der Waals surface area contributed by atoms with Crippen LogP contribution in [0.4, 0.5) is 13.2 Å². The Balaban J connectivity index is 1.81. The minimum atomic E-state index is -4.43. The third-order valence-electron chi connectivity index (χ3n) is 5.15. The largest absolute Gasteiger partial charge is 0.447 e. The third-order valence-corrected chi connectivity index (χ3v) is 5.51. The average Bonchev–Trinajstić information content (AvgIpc) is 3.23. The van der Waals surface area contributed by atoms with E-state index in [-0.39, 0.29) is 36.6 Å². The maximum absolute atomic E-state index is 13.2. The van der Waals surface area contributed by atoms with Crippen molar-refractivity contribution in [1.29, 1.82) is 0 Å². The first-order valence-corrected chi connectivity index (χ1v) is 10.9. The van der Waals surface area contributed by atoms with Gasteiger partial charge in [0.15, 0.2) is 5.69 Å². The van der Waals surface area contributed by atoms with Gasteiger partial charge in [-0.25, -0.2) is 4.98 Å². The zero-order valence-electron chi connectivity index (χ0n) is 18.3. The fraction of sp³-hybridized carbons (Fsp3) is 0.333. The number of carbonyl (C=O) groups is 1. The highest BCUT2D eigenvalue weighted by Crippen LogP contribution is 2.30. The van der Waals surface area contributed by atoms with Crippen molar-refractivity contribution in [2.75, 3.05) is 0 Å². The molecular formula is C24H25ClF3N3O2. The summed E-state index contributed by atoms with van der Waals surface area (Å²) in [6, 6.07) is 12.4. The van der Waals surface area contributed by atoms with Crippen molar-refractivity contribution in [2.24, 2.45) is 0 Å². The van der Waals surface area contributed by atoms with Crippen molar-refractivity contribution in [1.82, 2.24) is 15.2 Å². The molecule has 0 aliphatic rings. The minimum Gasteiger partial charge on any atom is -0.447 e. The maximum Gasteiger partial charge on any atom is 0.416 e. The van der Waals surface area contributed by atoms with Crippen molar-refractivity contribution in [3.63, 3.8) is 0 Å².